The van der Waals surface area contributed by atoms with Crippen molar-refractivity contribution in [3.8, 4) is 5.75 Å². The molecule has 19 heavy (non-hydrogen) atoms. The molecule has 0 amide bonds. The summed E-state index contributed by atoms with van der Waals surface area (Å²) in [5.74, 6) is 0.191. The van der Waals surface area contributed by atoms with Gasteiger partial charge in [0.1, 0.15) is 11.6 Å². The summed E-state index contributed by atoms with van der Waals surface area (Å²) in [7, 11) is 1.53. The Kier molecular flexibility index (Phi) is 4.04. The van der Waals surface area contributed by atoms with Crippen molar-refractivity contribution in [2.75, 3.05) is 12.4 Å². The van der Waals surface area contributed by atoms with Gasteiger partial charge in [-0.3, -0.25) is 4.68 Å². The van der Waals surface area contributed by atoms with Crippen LogP contribution in [0.4, 0.5) is 10.1 Å². The minimum Gasteiger partial charge on any atom is -0.494 e. The van der Waals surface area contributed by atoms with Crippen LogP contribution < -0.4 is 10.1 Å². The number of aromatic nitrogens is 2. The Balaban J connectivity index is 2.14. The molecule has 0 radical (unpaired) electrons. The molecule has 4 nitrogen and oxygen atoms in total. The van der Waals surface area contributed by atoms with Gasteiger partial charge in [-0.2, -0.15) is 5.10 Å². The van der Waals surface area contributed by atoms with E-state index in [2.05, 4.69) is 17.3 Å². The number of rotatable bonds is 5. The monoisotopic (exact) mass is 263 g/mol. The lowest BCUT2D eigenvalue weighted by atomic mass is 10.2. The minimum atomic E-state index is -0.308. The Hall–Kier alpha value is -2.04. The van der Waals surface area contributed by atoms with Gasteiger partial charge in [0.15, 0.2) is 0 Å². The predicted molar refractivity (Wildman–Crippen MR) is 72.9 cm³/mol. The van der Waals surface area contributed by atoms with Crippen molar-refractivity contribution in [1.82, 2.24) is 9.78 Å². The van der Waals surface area contributed by atoms with E-state index >= 15 is 0 Å². The first-order valence-corrected chi connectivity index (χ1v) is 6.24. The Morgan fingerprint density at radius 2 is 2.16 bits per heavy atom. The number of ether oxygens (including phenoxy) is 1. The molecule has 0 bridgehead atoms. The molecule has 0 saturated carbocycles. The van der Waals surface area contributed by atoms with Crippen LogP contribution in [0.25, 0.3) is 0 Å². The molecule has 102 valence electrons. The number of halogens is 1. The summed E-state index contributed by atoms with van der Waals surface area (Å²) >= 11 is 0. The number of benzene rings is 1. The van der Waals surface area contributed by atoms with E-state index in [1.54, 1.807) is 6.07 Å². The lowest BCUT2D eigenvalue weighted by Crippen LogP contribution is -2.08. The van der Waals surface area contributed by atoms with Crippen LogP contribution in [-0.4, -0.2) is 16.9 Å². The summed E-state index contributed by atoms with van der Waals surface area (Å²) in [6.45, 7) is 5.46. The quantitative estimate of drug-likeness (QED) is 0.901. The average molecular weight is 263 g/mol. The predicted octanol–water partition coefficient (Wildman–Crippen LogP) is 2.97. The molecule has 0 unspecified atom stereocenters. The van der Waals surface area contributed by atoms with Crippen LogP contribution in [0.2, 0.25) is 0 Å². The first-order valence-electron chi connectivity index (χ1n) is 6.24. The maximum atomic E-state index is 13.1. The zero-order chi connectivity index (χ0) is 13.8. The normalized spacial score (nSPS) is 10.5. The van der Waals surface area contributed by atoms with Crippen LogP contribution in [0.1, 0.15) is 18.3 Å². The molecule has 0 aliphatic heterocycles. The topological polar surface area (TPSA) is 39.1 Å². The highest BCUT2D eigenvalue weighted by molar-refractivity contribution is 5.56. The van der Waals surface area contributed by atoms with E-state index in [4.69, 9.17) is 4.74 Å². The number of methoxy groups -OCH3 is 1. The number of hydrogen-bond acceptors (Lipinski definition) is 3. The SMILES string of the molecule is CCn1nc(C)cc1CNc1ccc(F)cc1OC. The third-order valence-electron chi connectivity index (χ3n) is 2.91. The van der Waals surface area contributed by atoms with E-state index in [1.165, 1.54) is 19.2 Å². The van der Waals surface area contributed by atoms with E-state index < -0.39 is 0 Å². The largest absolute Gasteiger partial charge is 0.494 e. The second-order valence-corrected chi connectivity index (χ2v) is 4.29. The molecule has 0 fully saturated rings. The van der Waals surface area contributed by atoms with Crippen molar-refractivity contribution in [2.45, 2.75) is 26.9 Å². The van der Waals surface area contributed by atoms with Gasteiger partial charge in [0, 0.05) is 12.6 Å². The fourth-order valence-electron chi connectivity index (χ4n) is 2.01. The first kappa shape index (κ1) is 13.4. The van der Waals surface area contributed by atoms with Gasteiger partial charge >= 0.3 is 0 Å². The Morgan fingerprint density at radius 3 is 2.84 bits per heavy atom. The Bertz CT molecular complexity index is 566. The maximum Gasteiger partial charge on any atom is 0.144 e. The first-order chi connectivity index (χ1) is 9.13. The zero-order valence-corrected chi connectivity index (χ0v) is 11.4. The molecule has 2 rings (SSSR count). The highest BCUT2D eigenvalue weighted by Gasteiger charge is 2.07. The molecule has 0 spiro atoms. The van der Waals surface area contributed by atoms with E-state index in [0.29, 0.717) is 12.3 Å². The minimum absolute atomic E-state index is 0.308. The van der Waals surface area contributed by atoms with Crippen molar-refractivity contribution < 1.29 is 9.13 Å². The van der Waals surface area contributed by atoms with Crippen molar-refractivity contribution >= 4 is 5.69 Å². The van der Waals surface area contributed by atoms with Gasteiger partial charge in [-0.05, 0) is 32.0 Å². The molecule has 2 aromatic rings. The Morgan fingerprint density at radius 1 is 1.37 bits per heavy atom. The summed E-state index contributed by atoms with van der Waals surface area (Å²) in [6.07, 6.45) is 0. The van der Waals surface area contributed by atoms with Gasteiger partial charge in [-0.1, -0.05) is 0 Å². The molecule has 0 aliphatic carbocycles. The fraction of sp³-hybridized carbons (Fsp3) is 0.357. The van der Waals surface area contributed by atoms with Crippen LogP contribution >= 0.6 is 0 Å². The zero-order valence-electron chi connectivity index (χ0n) is 11.4. The lowest BCUT2D eigenvalue weighted by molar-refractivity contribution is 0.413. The summed E-state index contributed by atoms with van der Waals surface area (Å²) in [6, 6.07) is 6.48. The standard InChI is InChI=1S/C14H18FN3O/c1-4-18-12(7-10(2)17-18)9-16-13-6-5-11(15)8-14(13)19-3/h5-8,16H,4,9H2,1-3H3. The summed E-state index contributed by atoms with van der Waals surface area (Å²) in [4.78, 5) is 0. The van der Waals surface area contributed by atoms with Crippen LogP contribution in [0, 0.1) is 12.7 Å². The summed E-state index contributed by atoms with van der Waals surface area (Å²) in [5, 5.41) is 7.63. The lowest BCUT2D eigenvalue weighted by Gasteiger charge is -2.11. The molecule has 1 heterocycles. The van der Waals surface area contributed by atoms with Crippen molar-refractivity contribution in [3.05, 3.63) is 41.5 Å². The highest BCUT2D eigenvalue weighted by Crippen LogP contribution is 2.25. The molecule has 1 N–H and O–H groups in total. The molecular formula is C14H18FN3O. The summed E-state index contributed by atoms with van der Waals surface area (Å²) in [5.41, 5.74) is 2.85. The Labute approximate surface area is 112 Å². The number of hydrogen-bond donors (Lipinski definition) is 1. The maximum absolute atomic E-state index is 13.1. The van der Waals surface area contributed by atoms with Gasteiger partial charge in [0.2, 0.25) is 0 Å². The third-order valence-corrected chi connectivity index (χ3v) is 2.91. The number of aryl methyl sites for hydroxylation is 2. The number of anilines is 1. The van der Waals surface area contributed by atoms with Gasteiger partial charge in [0.25, 0.3) is 0 Å². The molecule has 0 atom stereocenters. The van der Waals surface area contributed by atoms with Crippen molar-refractivity contribution in [3.63, 3.8) is 0 Å². The molecule has 1 aromatic heterocycles. The van der Waals surface area contributed by atoms with E-state index in [-0.39, 0.29) is 5.82 Å². The second-order valence-electron chi connectivity index (χ2n) is 4.29. The molecule has 0 aliphatic rings. The van der Waals surface area contributed by atoms with Gasteiger partial charge in [0.05, 0.1) is 30.7 Å². The van der Waals surface area contributed by atoms with Crippen LogP contribution in [0.5, 0.6) is 5.75 Å². The van der Waals surface area contributed by atoms with E-state index in [0.717, 1.165) is 23.6 Å². The smallest absolute Gasteiger partial charge is 0.144 e. The van der Waals surface area contributed by atoms with E-state index in [9.17, 15) is 4.39 Å². The van der Waals surface area contributed by atoms with Gasteiger partial charge in [-0.25, -0.2) is 4.39 Å². The number of nitrogens with one attached hydrogen (secondary N) is 1. The van der Waals surface area contributed by atoms with Gasteiger partial charge in [-0.15, -0.1) is 0 Å². The van der Waals surface area contributed by atoms with Crippen LogP contribution in [0.3, 0.4) is 0 Å². The van der Waals surface area contributed by atoms with Crippen molar-refractivity contribution in [2.24, 2.45) is 0 Å². The van der Waals surface area contributed by atoms with Gasteiger partial charge < -0.3 is 10.1 Å². The second kappa shape index (κ2) is 5.73. The van der Waals surface area contributed by atoms with E-state index in [1.807, 2.05) is 17.7 Å². The molecule has 1 aromatic carbocycles. The van der Waals surface area contributed by atoms with Crippen LogP contribution in [-0.2, 0) is 13.1 Å². The third kappa shape index (κ3) is 3.05. The molecule has 0 saturated heterocycles. The summed E-state index contributed by atoms with van der Waals surface area (Å²) < 4.78 is 20.2. The van der Waals surface area contributed by atoms with Crippen LogP contribution in [0.15, 0.2) is 24.3 Å². The number of nitrogens with zero attached hydrogens (tertiary/aromatic N) is 2. The highest BCUT2D eigenvalue weighted by atomic mass is 19.1. The van der Waals surface area contributed by atoms with Crippen molar-refractivity contribution in [1.29, 1.82) is 0 Å². The fourth-order valence-corrected chi connectivity index (χ4v) is 2.01. The average Bonchev–Trinajstić information content (AvgIpc) is 2.77. The molecule has 5 heteroatoms. The molecular weight excluding hydrogens is 245 g/mol.